The van der Waals surface area contributed by atoms with Crippen molar-refractivity contribution in [1.29, 1.82) is 0 Å². The number of amides is 1. The molecule has 0 spiro atoms. The number of halogens is 2. The van der Waals surface area contributed by atoms with E-state index in [4.69, 9.17) is 11.6 Å². The first-order valence-electron chi connectivity index (χ1n) is 6.47. The molecule has 2 aromatic carbocycles. The monoisotopic (exact) mass is 289 g/mol. The molecule has 0 aromatic heterocycles. The lowest BCUT2D eigenvalue weighted by Gasteiger charge is -2.29. The Bertz CT molecular complexity index is 651. The Hall–Kier alpha value is -1.87. The van der Waals surface area contributed by atoms with E-state index in [1.165, 1.54) is 6.07 Å². The molecule has 3 rings (SSSR count). The second kappa shape index (κ2) is 5.25. The van der Waals surface area contributed by atoms with Crippen molar-refractivity contribution < 1.29 is 9.18 Å². The fourth-order valence-corrected chi connectivity index (χ4v) is 2.72. The minimum absolute atomic E-state index is 0.0637. The third kappa shape index (κ3) is 2.29. The zero-order valence-corrected chi connectivity index (χ0v) is 11.5. The maximum atomic E-state index is 13.8. The summed E-state index contributed by atoms with van der Waals surface area (Å²) in [6.45, 7) is 0.791. The number of benzene rings is 2. The van der Waals surface area contributed by atoms with Crippen LogP contribution in [-0.2, 0) is 13.0 Å². The van der Waals surface area contributed by atoms with Crippen molar-refractivity contribution in [1.82, 2.24) is 4.90 Å². The minimum Gasteiger partial charge on any atom is -0.334 e. The van der Waals surface area contributed by atoms with Gasteiger partial charge in [-0.3, -0.25) is 4.79 Å². The van der Waals surface area contributed by atoms with Gasteiger partial charge in [0.15, 0.2) is 0 Å². The highest BCUT2D eigenvalue weighted by molar-refractivity contribution is 6.31. The van der Waals surface area contributed by atoms with E-state index in [0.717, 1.165) is 12.0 Å². The quantitative estimate of drug-likeness (QED) is 0.826. The topological polar surface area (TPSA) is 20.3 Å². The molecule has 0 atom stereocenters. The normalized spacial score (nSPS) is 14.3. The maximum absolute atomic E-state index is 13.8. The van der Waals surface area contributed by atoms with Crippen LogP contribution in [0.2, 0.25) is 5.02 Å². The fourth-order valence-electron chi connectivity index (χ4n) is 2.50. The summed E-state index contributed by atoms with van der Waals surface area (Å²) in [5.41, 5.74) is 2.13. The Balaban J connectivity index is 1.89. The lowest BCUT2D eigenvalue weighted by Crippen LogP contribution is -2.37. The molecule has 2 nitrogen and oxygen atoms in total. The molecule has 1 aliphatic rings. The molecule has 0 fully saturated rings. The Morgan fingerprint density at radius 2 is 1.95 bits per heavy atom. The van der Waals surface area contributed by atoms with Crippen LogP contribution >= 0.6 is 11.6 Å². The number of fused-ring (bicyclic) bond motifs is 1. The number of carbonyl (C=O) groups is 1. The van der Waals surface area contributed by atoms with Gasteiger partial charge in [-0.15, -0.1) is 0 Å². The average molecular weight is 290 g/mol. The van der Waals surface area contributed by atoms with Crippen LogP contribution in [0.4, 0.5) is 4.39 Å². The Morgan fingerprint density at radius 3 is 2.75 bits per heavy atom. The molecule has 1 heterocycles. The van der Waals surface area contributed by atoms with E-state index in [1.54, 1.807) is 17.0 Å². The summed E-state index contributed by atoms with van der Waals surface area (Å²) in [6.07, 6.45) is 0.786. The molecule has 1 aliphatic heterocycles. The summed E-state index contributed by atoms with van der Waals surface area (Å²) in [5, 5.41) is 0.358. The van der Waals surface area contributed by atoms with Gasteiger partial charge >= 0.3 is 0 Å². The molecule has 20 heavy (non-hydrogen) atoms. The Kier molecular flexibility index (Phi) is 3.45. The molecule has 0 saturated heterocycles. The number of carbonyl (C=O) groups excluding carboxylic acids is 1. The fraction of sp³-hybridized carbons (Fsp3) is 0.188. The molecule has 2 aromatic rings. The van der Waals surface area contributed by atoms with Crippen molar-refractivity contribution in [2.24, 2.45) is 0 Å². The van der Waals surface area contributed by atoms with Gasteiger partial charge in [0.2, 0.25) is 0 Å². The molecule has 0 aliphatic carbocycles. The lowest BCUT2D eigenvalue weighted by molar-refractivity contribution is 0.0725. The predicted molar refractivity (Wildman–Crippen MR) is 76.3 cm³/mol. The summed E-state index contributed by atoms with van der Waals surface area (Å²) in [4.78, 5) is 14.0. The summed E-state index contributed by atoms with van der Waals surface area (Å²) in [7, 11) is 0. The highest BCUT2D eigenvalue weighted by Crippen LogP contribution is 2.24. The molecule has 0 N–H and O–H groups in total. The van der Waals surface area contributed by atoms with Gasteiger partial charge in [0.05, 0.1) is 6.54 Å². The summed E-state index contributed by atoms with van der Waals surface area (Å²) in [6, 6.07) is 12.1. The highest BCUT2D eigenvalue weighted by atomic mass is 35.5. The van der Waals surface area contributed by atoms with Crippen molar-refractivity contribution >= 4 is 17.5 Å². The molecule has 4 heteroatoms. The van der Waals surface area contributed by atoms with Crippen LogP contribution in [0.15, 0.2) is 42.5 Å². The molecule has 0 bridgehead atoms. The van der Waals surface area contributed by atoms with Gasteiger partial charge in [-0.1, -0.05) is 35.9 Å². The third-order valence-electron chi connectivity index (χ3n) is 3.60. The van der Waals surface area contributed by atoms with E-state index in [-0.39, 0.29) is 18.3 Å². The Morgan fingerprint density at radius 1 is 1.15 bits per heavy atom. The molecular formula is C16H13ClFNO. The first-order valence-corrected chi connectivity index (χ1v) is 6.84. The predicted octanol–water partition coefficient (Wildman–Crippen LogP) is 3.68. The first-order chi connectivity index (χ1) is 9.66. The lowest BCUT2D eigenvalue weighted by atomic mass is 9.98. The van der Waals surface area contributed by atoms with E-state index in [9.17, 15) is 9.18 Å². The number of hydrogen-bond acceptors (Lipinski definition) is 1. The zero-order valence-electron chi connectivity index (χ0n) is 10.8. The standard InChI is InChI=1S/C16H13ClFNO/c17-14-6-3-7-15(18)13(14)10-19-9-8-11-4-1-2-5-12(11)16(19)20/h1-7H,8-10H2. The maximum Gasteiger partial charge on any atom is 0.254 e. The van der Waals surface area contributed by atoms with Crippen LogP contribution in [0, 0.1) is 5.82 Å². The van der Waals surface area contributed by atoms with Gasteiger partial charge in [0.1, 0.15) is 5.82 Å². The summed E-state index contributed by atoms with van der Waals surface area (Å²) >= 11 is 6.02. The Labute approximate surface area is 121 Å². The minimum atomic E-state index is -0.371. The van der Waals surface area contributed by atoms with Gasteiger partial charge < -0.3 is 4.90 Å². The van der Waals surface area contributed by atoms with Gasteiger partial charge in [-0.05, 0) is 30.2 Å². The molecule has 1 amide bonds. The van der Waals surface area contributed by atoms with Crippen LogP contribution in [0.3, 0.4) is 0 Å². The van der Waals surface area contributed by atoms with Gasteiger partial charge in [-0.25, -0.2) is 4.39 Å². The van der Waals surface area contributed by atoms with Gasteiger partial charge in [0, 0.05) is 22.7 Å². The van der Waals surface area contributed by atoms with Crippen LogP contribution in [0.1, 0.15) is 21.5 Å². The summed E-state index contributed by atoms with van der Waals surface area (Å²) < 4.78 is 13.8. The SMILES string of the molecule is O=C1c2ccccc2CCN1Cc1c(F)cccc1Cl. The smallest absolute Gasteiger partial charge is 0.254 e. The number of rotatable bonds is 2. The van der Waals surface area contributed by atoms with Gasteiger partial charge in [0.25, 0.3) is 5.91 Å². The summed E-state index contributed by atoms with van der Waals surface area (Å²) in [5.74, 6) is -0.435. The highest BCUT2D eigenvalue weighted by Gasteiger charge is 2.25. The van der Waals surface area contributed by atoms with Crippen molar-refractivity contribution in [2.75, 3.05) is 6.54 Å². The largest absolute Gasteiger partial charge is 0.334 e. The van der Waals surface area contributed by atoms with Crippen molar-refractivity contribution in [3.05, 3.63) is 70.0 Å². The third-order valence-corrected chi connectivity index (χ3v) is 3.95. The van der Waals surface area contributed by atoms with Crippen LogP contribution in [-0.4, -0.2) is 17.4 Å². The molecule has 0 saturated carbocycles. The van der Waals surface area contributed by atoms with Gasteiger partial charge in [-0.2, -0.15) is 0 Å². The van der Waals surface area contributed by atoms with Crippen LogP contribution < -0.4 is 0 Å². The van der Waals surface area contributed by atoms with E-state index >= 15 is 0 Å². The average Bonchev–Trinajstić information content (AvgIpc) is 2.45. The molecular weight excluding hydrogens is 277 g/mol. The first kappa shape index (κ1) is 13.1. The van der Waals surface area contributed by atoms with E-state index < -0.39 is 0 Å². The van der Waals surface area contributed by atoms with Crippen molar-refractivity contribution in [2.45, 2.75) is 13.0 Å². The number of nitrogens with zero attached hydrogens (tertiary/aromatic N) is 1. The molecule has 0 unspecified atom stereocenters. The molecule has 0 radical (unpaired) electrons. The van der Waals surface area contributed by atoms with Crippen LogP contribution in [0.25, 0.3) is 0 Å². The van der Waals surface area contributed by atoms with Crippen molar-refractivity contribution in [3.63, 3.8) is 0 Å². The van der Waals surface area contributed by atoms with E-state index in [2.05, 4.69) is 0 Å². The second-order valence-corrected chi connectivity index (χ2v) is 5.24. The second-order valence-electron chi connectivity index (χ2n) is 4.83. The zero-order chi connectivity index (χ0) is 14.1. The van der Waals surface area contributed by atoms with Crippen LogP contribution in [0.5, 0.6) is 0 Å². The van der Waals surface area contributed by atoms with E-state index in [1.807, 2.05) is 24.3 Å². The number of hydrogen-bond donors (Lipinski definition) is 0. The molecule has 102 valence electrons. The van der Waals surface area contributed by atoms with Crippen molar-refractivity contribution in [3.8, 4) is 0 Å². The van der Waals surface area contributed by atoms with E-state index in [0.29, 0.717) is 22.7 Å².